The molecule has 1 amide bonds. The van der Waals surface area contributed by atoms with E-state index in [2.05, 4.69) is 26.3 Å². The maximum atomic E-state index is 12.5. The van der Waals surface area contributed by atoms with Crippen LogP contribution < -0.4 is 10.1 Å². The molecule has 0 radical (unpaired) electrons. The number of hydrogen-bond acceptors (Lipinski definition) is 3. The van der Waals surface area contributed by atoms with E-state index >= 15 is 0 Å². The van der Waals surface area contributed by atoms with E-state index < -0.39 is 0 Å². The molecular weight excluding hydrogens is 382 g/mol. The van der Waals surface area contributed by atoms with Crippen molar-refractivity contribution in [3.63, 3.8) is 0 Å². The number of aryl methyl sites for hydroxylation is 2. The monoisotopic (exact) mass is 399 g/mol. The van der Waals surface area contributed by atoms with Gasteiger partial charge in [0.25, 0.3) is 5.91 Å². The van der Waals surface area contributed by atoms with E-state index in [4.69, 9.17) is 4.74 Å². The quantitative estimate of drug-likeness (QED) is 0.694. The van der Waals surface area contributed by atoms with Gasteiger partial charge in [-0.15, -0.1) is 0 Å². The molecule has 3 aromatic rings. The van der Waals surface area contributed by atoms with Crippen molar-refractivity contribution in [3.8, 4) is 5.75 Å². The highest BCUT2D eigenvalue weighted by molar-refractivity contribution is 9.10. The molecule has 0 saturated heterocycles. The lowest BCUT2D eigenvalue weighted by Gasteiger charge is -2.09. The van der Waals surface area contributed by atoms with Gasteiger partial charge >= 0.3 is 0 Å². The van der Waals surface area contributed by atoms with Crippen LogP contribution in [0.5, 0.6) is 5.75 Å². The molecule has 2 aromatic carbocycles. The van der Waals surface area contributed by atoms with E-state index in [9.17, 15) is 4.79 Å². The molecule has 0 aliphatic carbocycles. The number of ether oxygens (including phenoxy) is 1. The Morgan fingerprint density at radius 1 is 1.24 bits per heavy atom. The Bertz CT molecular complexity index is 905. The van der Waals surface area contributed by atoms with E-state index in [1.54, 1.807) is 16.9 Å². The van der Waals surface area contributed by atoms with Crippen molar-refractivity contribution in [2.45, 2.75) is 13.5 Å². The number of benzene rings is 2. The number of amides is 1. The first-order chi connectivity index (χ1) is 12.0. The summed E-state index contributed by atoms with van der Waals surface area (Å²) in [4.78, 5) is 12.5. The molecular formula is C19H18BrN3O2. The molecule has 6 heteroatoms. The second-order valence-corrected chi connectivity index (χ2v) is 6.53. The van der Waals surface area contributed by atoms with Crippen LogP contribution in [0.2, 0.25) is 0 Å². The minimum absolute atomic E-state index is 0.168. The predicted molar refractivity (Wildman–Crippen MR) is 101 cm³/mol. The minimum atomic E-state index is -0.168. The standard InChI is InChI=1S/C19H18BrN3O2/c1-13-17(11-23(2)22-13)21-19(24)15-7-5-6-14(10-15)12-25-18-9-4-3-8-16(18)20/h3-11H,12H2,1-2H3,(H,21,24). The third-order valence-electron chi connectivity index (χ3n) is 3.68. The van der Waals surface area contributed by atoms with Crippen LogP contribution in [0.1, 0.15) is 21.6 Å². The normalized spacial score (nSPS) is 10.5. The van der Waals surface area contributed by atoms with Gasteiger partial charge in [0.1, 0.15) is 12.4 Å². The van der Waals surface area contributed by atoms with E-state index in [0.29, 0.717) is 17.9 Å². The Kier molecular flexibility index (Phi) is 5.19. The zero-order chi connectivity index (χ0) is 17.8. The Morgan fingerprint density at radius 3 is 2.76 bits per heavy atom. The van der Waals surface area contributed by atoms with Gasteiger partial charge in [-0.05, 0) is 52.7 Å². The molecule has 0 unspecified atom stereocenters. The summed E-state index contributed by atoms with van der Waals surface area (Å²) in [6.07, 6.45) is 1.78. The maximum absolute atomic E-state index is 12.5. The van der Waals surface area contributed by atoms with Gasteiger partial charge in [0.05, 0.1) is 15.9 Å². The summed E-state index contributed by atoms with van der Waals surface area (Å²) in [5.74, 6) is 0.599. The van der Waals surface area contributed by atoms with Crippen LogP contribution in [0, 0.1) is 6.92 Å². The Morgan fingerprint density at radius 2 is 2.04 bits per heavy atom. The number of aromatic nitrogens is 2. The SMILES string of the molecule is Cc1nn(C)cc1NC(=O)c1cccc(COc2ccccc2Br)c1. The lowest BCUT2D eigenvalue weighted by atomic mass is 10.1. The van der Waals surface area contributed by atoms with Gasteiger partial charge < -0.3 is 10.1 Å². The molecule has 1 N–H and O–H groups in total. The number of carbonyl (C=O) groups is 1. The zero-order valence-corrected chi connectivity index (χ0v) is 15.6. The van der Waals surface area contributed by atoms with Crippen molar-refractivity contribution < 1.29 is 9.53 Å². The minimum Gasteiger partial charge on any atom is -0.488 e. The lowest BCUT2D eigenvalue weighted by molar-refractivity contribution is 0.102. The van der Waals surface area contributed by atoms with Crippen molar-refractivity contribution in [2.24, 2.45) is 7.05 Å². The first-order valence-corrected chi connectivity index (χ1v) is 8.60. The average molecular weight is 400 g/mol. The summed E-state index contributed by atoms with van der Waals surface area (Å²) >= 11 is 3.46. The summed E-state index contributed by atoms with van der Waals surface area (Å²) in [5.41, 5.74) is 2.99. The highest BCUT2D eigenvalue weighted by Gasteiger charge is 2.11. The van der Waals surface area contributed by atoms with Gasteiger partial charge in [0.2, 0.25) is 0 Å². The number of nitrogens with one attached hydrogen (secondary N) is 1. The van der Waals surface area contributed by atoms with Crippen molar-refractivity contribution in [1.29, 1.82) is 0 Å². The van der Waals surface area contributed by atoms with Crippen LogP contribution in [-0.4, -0.2) is 15.7 Å². The van der Waals surface area contributed by atoms with E-state index in [1.165, 1.54) is 0 Å². The number of rotatable bonds is 5. The number of halogens is 1. The summed E-state index contributed by atoms with van der Waals surface area (Å²) < 4.78 is 8.38. The van der Waals surface area contributed by atoms with Crippen LogP contribution in [0.4, 0.5) is 5.69 Å². The first-order valence-electron chi connectivity index (χ1n) is 7.81. The third kappa shape index (κ3) is 4.28. The second-order valence-electron chi connectivity index (χ2n) is 5.68. The number of nitrogens with zero attached hydrogens (tertiary/aromatic N) is 2. The molecule has 0 saturated carbocycles. The second kappa shape index (κ2) is 7.53. The fourth-order valence-corrected chi connectivity index (χ4v) is 2.84. The molecule has 25 heavy (non-hydrogen) atoms. The van der Waals surface area contributed by atoms with Gasteiger partial charge in [-0.3, -0.25) is 9.48 Å². The van der Waals surface area contributed by atoms with Gasteiger partial charge in [0.15, 0.2) is 0 Å². The van der Waals surface area contributed by atoms with Crippen LogP contribution in [0.15, 0.2) is 59.2 Å². The van der Waals surface area contributed by atoms with Crippen LogP contribution in [0.3, 0.4) is 0 Å². The summed E-state index contributed by atoms with van der Waals surface area (Å²) in [7, 11) is 1.82. The van der Waals surface area contributed by atoms with Gasteiger partial charge in [0, 0.05) is 18.8 Å². The van der Waals surface area contributed by atoms with E-state index in [1.807, 2.05) is 56.4 Å². The van der Waals surface area contributed by atoms with Gasteiger partial charge in [-0.2, -0.15) is 5.10 Å². The summed E-state index contributed by atoms with van der Waals surface area (Å²) in [5, 5.41) is 7.11. The Labute approximate surface area is 154 Å². The Balaban J connectivity index is 1.69. The highest BCUT2D eigenvalue weighted by atomic mass is 79.9. The van der Waals surface area contributed by atoms with Crippen molar-refractivity contribution in [2.75, 3.05) is 5.32 Å². The summed E-state index contributed by atoms with van der Waals surface area (Å²) in [6.45, 7) is 2.24. The van der Waals surface area contributed by atoms with Crippen molar-refractivity contribution in [1.82, 2.24) is 9.78 Å². The third-order valence-corrected chi connectivity index (χ3v) is 4.34. The first kappa shape index (κ1) is 17.2. The molecule has 1 heterocycles. The molecule has 0 aliphatic heterocycles. The van der Waals surface area contributed by atoms with E-state index in [0.717, 1.165) is 21.5 Å². The number of para-hydroxylation sites is 1. The molecule has 0 spiro atoms. The Hall–Kier alpha value is -2.60. The van der Waals surface area contributed by atoms with Crippen LogP contribution in [-0.2, 0) is 13.7 Å². The number of anilines is 1. The molecule has 0 atom stereocenters. The average Bonchev–Trinajstić information content (AvgIpc) is 2.91. The topological polar surface area (TPSA) is 56.2 Å². The largest absolute Gasteiger partial charge is 0.488 e. The predicted octanol–water partition coefficient (Wildman–Crippen LogP) is 4.32. The van der Waals surface area contributed by atoms with Crippen molar-refractivity contribution in [3.05, 3.63) is 76.0 Å². The van der Waals surface area contributed by atoms with Crippen molar-refractivity contribution >= 4 is 27.5 Å². The maximum Gasteiger partial charge on any atom is 0.255 e. The fraction of sp³-hybridized carbons (Fsp3) is 0.158. The number of carbonyl (C=O) groups excluding carboxylic acids is 1. The molecule has 1 aromatic heterocycles. The van der Waals surface area contributed by atoms with Crippen LogP contribution >= 0.6 is 15.9 Å². The molecule has 3 rings (SSSR count). The van der Waals surface area contributed by atoms with Crippen LogP contribution in [0.25, 0.3) is 0 Å². The highest BCUT2D eigenvalue weighted by Crippen LogP contribution is 2.24. The summed E-state index contributed by atoms with van der Waals surface area (Å²) in [6, 6.07) is 15.1. The molecule has 5 nitrogen and oxygen atoms in total. The fourth-order valence-electron chi connectivity index (χ4n) is 2.44. The number of hydrogen-bond donors (Lipinski definition) is 1. The molecule has 128 valence electrons. The smallest absolute Gasteiger partial charge is 0.255 e. The van der Waals surface area contributed by atoms with Gasteiger partial charge in [-0.25, -0.2) is 0 Å². The van der Waals surface area contributed by atoms with E-state index in [-0.39, 0.29) is 5.91 Å². The lowest BCUT2D eigenvalue weighted by Crippen LogP contribution is -2.12. The zero-order valence-electron chi connectivity index (χ0n) is 14.0. The molecule has 0 aliphatic rings. The molecule has 0 fully saturated rings. The van der Waals surface area contributed by atoms with Gasteiger partial charge in [-0.1, -0.05) is 24.3 Å². The molecule has 0 bridgehead atoms.